The van der Waals surface area contributed by atoms with E-state index in [1.165, 1.54) is 6.07 Å². The normalized spacial score (nSPS) is 10.6. The molecular formula is C12H13F2IN2. The fourth-order valence-electron chi connectivity index (χ4n) is 1.55. The van der Waals surface area contributed by atoms with Crippen molar-refractivity contribution < 1.29 is 8.78 Å². The highest BCUT2D eigenvalue weighted by Gasteiger charge is 2.18. The molecule has 0 aliphatic rings. The largest absolute Gasteiger partial charge is 0.300 e. The summed E-state index contributed by atoms with van der Waals surface area (Å²) in [7, 11) is 0. The predicted molar refractivity (Wildman–Crippen MR) is 70.4 cm³/mol. The first-order chi connectivity index (χ1) is 8.04. The van der Waals surface area contributed by atoms with Crippen molar-refractivity contribution in [3.63, 3.8) is 0 Å². The fraction of sp³-hybridized carbons (Fsp3) is 0.417. The van der Waals surface area contributed by atoms with Gasteiger partial charge in [-0.3, -0.25) is 4.90 Å². The first-order valence-electron chi connectivity index (χ1n) is 5.33. The number of hydrogen-bond acceptors (Lipinski definition) is 2. The van der Waals surface area contributed by atoms with E-state index in [4.69, 9.17) is 5.26 Å². The maximum Gasteiger partial charge on any atom is 0.177 e. The summed E-state index contributed by atoms with van der Waals surface area (Å²) >= 11 is 1.85. The topological polar surface area (TPSA) is 27.0 Å². The summed E-state index contributed by atoms with van der Waals surface area (Å²) in [6, 6.07) is 3.21. The molecule has 0 saturated heterocycles. The lowest BCUT2D eigenvalue weighted by atomic mass is 10.1. The van der Waals surface area contributed by atoms with Gasteiger partial charge >= 0.3 is 0 Å². The Balaban J connectivity index is 3.15. The molecule has 0 unspecified atom stereocenters. The van der Waals surface area contributed by atoms with Gasteiger partial charge in [0.2, 0.25) is 0 Å². The van der Waals surface area contributed by atoms with Crippen LogP contribution in [-0.2, 0) is 6.54 Å². The Morgan fingerprint density at radius 3 is 2.35 bits per heavy atom. The third-order valence-electron chi connectivity index (χ3n) is 2.63. The van der Waals surface area contributed by atoms with E-state index in [1.54, 1.807) is 6.07 Å². The Bertz CT molecular complexity index is 451. The van der Waals surface area contributed by atoms with Crippen LogP contribution >= 0.6 is 22.6 Å². The molecule has 0 bridgehead atoms. The third kappa shape index (κ3) is 3.13. The second-order valence-electron chi connectivity index (χ2n) is 3.59. The van der Waals surface area contributed by atoms with Crippen LogP contribution in [0.4, 0.5) is 8.78 Å². The monoisotopic (exact) mass is 350 g/mol. The highest BCUT2D eigenvalue weighted by molar-refractivity contribution is 14.1. The molecule has 1 aromatic carbocycles. The van der Waals surface area contributed by atoms with Gasteiger partial charge in [-0.2, -0.15) is 5.26 Å². The lowest BCUT2D eigenvalue weighted by Gasteiger charge is -2.19. The molecule has 0 atom stereocenters. The van der Waals surface area contributed by atoms with Gasteiger partial charge in [0.25, 0.3) is 0 Å². The van der Waals surface area contributed by atoms with Crippen molar-refractivity contribution in [2.45, 2.75) is 20.4 Å². The molecule has 1 rings (SSSR count). The van der Waals surface area contributed by atoms with Crippen molar-refractivity contribution in [1.82, 2.24) is 4.90 Å². The second kappa shape index (κ2) is 6.26. The van der Waals surface area contributed by atoms with Crippen LogP contribution in [0.1, 0.15) is 25.0 Å². The van der Waals surface area contributed by atoms with Crippen molar-refractivity contribution in [3.8, 4) is 6.07 Å². The number of nitriles is 1. The van der Waals surface area contributed by atoms with Crippen LogP contribution in [0.2, 0.25) is 0 Å². The van der Waals surface area contributed by atoms with Crippen molar-refractivity contribution >= 4 is 22.6 Å². The van der Waals surface area contributed by atoms with Gasteiger partial charge in [0.15, 0.2) is 11.6 Å². The molecule has 1 aromatic rings. The summed E-state index contributed by atoms with van der Waals surface area (Å²) in [6.07, 6.45) is 0. The van der Waals surface area contributed by atoms with Gasteiger partial charge < -0.3 is 0 Å². The van der Waals surface area contributed by atoms with E-state index in [1.807, 2.05) is 41.3 Å². The molecule has 17 heavy (non-hydrogen) atoms. The summed E-state index contributed by atoms with van der Waals surface area (Å²) in [4.78, 5) is 1.99. The van der Waals surface area contributed by atoms with E-state index >= 15 is 0 Å². The molecule has 92 valence electrons. The Morgan fingerprint density at radius 2 is 1.88 bits per heavy atom. The quantitative estimate of drug-likeness (QED) is 0.616. The summed E-state index contributed by atoms with van der Waals surface area (Å²) in [6.45, 7) is 5.83. The van der Waals surface area contributed by atoms with E-state index in [-0.39, 0.29) is 5.56 Å². The van der Waals surface area contributed by atoms with Gasteiger partial charge in [0, 0.05) is 15.7 Å². The Hall–Kier alpha value is -0.740. The molecule has 2 nitrogen and oxygen atoms in total. The second-order valence-corrected chi connectivity index (χ2v) is 4.76. The zero-order valence-corrected chi connectivity index (χ0v) is 11.9. The van der Waals surface area contributed by atoms with Crippen molar-refractivity contribution in [2.75, 3.05) is 13.1 Å². The van der Waals surface area contributed by atoms with Crippen LogP contribution in [0, 0.1) is 26.5 Å². The van der Waals surface area contributed by atoms with Gasteiger partial charge in [-0.05, 0) is 41.7 Å². The molecule has 0 saturated carbocycles. The van der Waals surface area contributed by atoms with Crippen LogP contribution in [0.25, 0.3) is 0 Å². The van der Waals surface area contributed by atoms with E-state index < -0.39 is 11.6 Å². The van der Waals surface area contributed by atoms with Gasteiger partial charge in [-0.15, -0.1) is 0 Å². The SMILES string of the molecule is CCN(CC)Cc1cc(I)c(C#N)c(F)c1F. The Kier molecular flexibility index (Phi) is 5.28. The average molecular weight is 350 g/mol. The molecule has 0 N–H and O–H groups in total. The molecular weight excluding hydrogens is 337 g/mol. The fourth-order valence-corrected chi connectivity index (χ4v) is 2.28. The molecule has 5 heteroatoms. The summed E-state index contributed by atoms with van der Waals surface area (Å²) in [5.74, 6) is -1.95. The summed E-state index contributed by atoms with van der Waals surface area (Å²) in [5.41, 5.74) is 0.0843. The molecule has 0 fully saturated rings. The van der Waals surface area contributed by atoms with Gasteiger partial charge in [0.1, 0.15) is 11.6 Å². The smallest absolute Gasteiger partial charge is 0.177 e. The van der Waals surface area contributed by atoms with E-state index in [9.17, 15) is 8.78 Å². The minimum absolute atomic E-state index is 0.216. The minimum atomic E-state index is -1.04. The van der Waals surface area contributed by atoms with E-state index in [0.717, 1.165) is 13.1 Å². The van der Waals surface area contributed by atoms with Crippen LogP contribution in [-0.4, -0.2) is 18.0 Å². The van der Waals surface area contributed by atoms with Crippen LogP contribution in [0.3, 0.4) is 0 Å². The molecule has 0 aliphatic carbocycles. The lowest BCUT2D eigenvalue weighted by molar-refractivity contribution is 0.289. The highest BCUT2D eigenvalue weighted by Crippen LogP contribution is 2.23. The molecule has 0 radical (unpaired) electrons. The van der Waals surface area contributed by atoms with Gasteiger partial charge in [-0.1, -0.05) is 13.8 Å². The zero-order valence-electron chi connectivity index (χ0n) is 9.73. The van der Waals surface area contributed by atoms with Crippen molar-refractivity contribution in [3.05, 3.63) is 32.4 Å². The number of nitrogens with zero attached hydrogens (tertiary/aromatic N) is 2. The molecule has 0 aromatic heterocycles. The first-order valence-corrected chi connectivity index (χ1v) is 6.41. The number of halogens is 3. The van der Waals surface area contributed by atoms with Crippen LogP contribution in [0.5, 0.6) is 0 Å². The molecule has 0 heterocycles. The van der Waals surface area contributed by atoms with Gasteiger partial charge in [0.05, 0.1) is 0 Å². The van der Waals surface area contributed by atoms with E-state index in [2.05, 4.69) is 0 Å². The molecule has 0 aliphatic heterocycles. The van der Waals surface area contributed by atoms with Crippen LogP contribution in [0.15, 0.2) is 6.07 Å². The van der Waals surface area contributed by atoms with Crippen LogP contribution < -0.4 is 0 Å². The number of benzene rings is 1. The lowest BCUT2D eigenvalue weighted by Crippen LogP contribution is -2.23. The number of rotatable bonds is 4. The first kappa shape index (κ1) is 14.3. The minimum Gasteiger partial charge on any atom is -0.300 e. The summed E-state index contributed by atoms with van der Waals surface area (Å²) < 4.78 is 27.7. The average Bonchev–Trinajstić information content (AvgIpc) is 2.32. The number of hydrogen-bond donors (Lipinski definition) is 0. The predicted octanol–water partition coefficient (Wildman–Crippen LogP) is 3.28. The maximum atomic E-state index is 13.7. The summed E-state index contributed by atoms with van der Waals surface area (Å²) in [5, 5.41) is 8.72. The third-order valence-corrected chi connectivity index (χ3v) is 3.48. The molecule has 0 spiro atoms. The van der Waals surface area contributed by atoms with Crippen molar-refractivity contribution in [1.29, 1.82) is 5.26 Å². The van der Waals surface area contributed by atoms with Crippen molar-refractivity contribution in [2.24, 2.45) is 0 Å². The highest BCUT2D eigenvalue weighted by atomic mass is 127. The zero-order chi connectivity index (χ0) is 13.0. The molecule has 0 amide bonds. The van der Waals surface area contributed by atoms with Gasteiger partial charge in [-0.25, -0.2) is 8.78 Å². The maximum absolute atomic E-state index is 13.7. The van der Waals surface area contributed by atoms with E-state index in [0.29, 0.717) is 15.7 Å². The Labute approximate surface area is 113 Å². The Morgan fingerprint density at radius 1 is 1.29 bits per heavy atom. The standard InChI is InChI=1S/C12H13F2IN2/c1-3-17(4-2)7-8-5-10(15)9(6-16)12(14)11(8)13/h5H,3-4,7H2,1-2H3.